The summed E-state index contributed by atoms with van der Waals surface area (Å²) < 4.78 is 0. The fourth-order valence-corrected chi connectivity index (χ4v) is 2.70. The van der Waals surface area contributed by atoms with Gasteiger partial charge in [0.2, 0.25) is 0 Å². The highest BCUT2D eigenvalue weighted by molar-refractivity contribution is 5.96. The summed E-state index contributed by atoms with van der Waals surface area (Å²) in [6, 6.07) is 4.39. The molecular formula is C14H16N8O3. The predicted octanol–water partition coefficient (Wildman–Crippen LogP) is 1.89. The van der Waals surface area contributed by atoms with Gasteiger partial charge >= 0.3 is 0 Å². The first kappa shape index (κ1) is 18.1. The van der Waals surface area contributed by atoms with Crippen molar-refractivity contribution < 1.29 is 14.7 Å². The number of amides is 2. The predicted molar refractivity (Wildman–Crippen MR) is 87.4 cm³/mol. The number of hydrogen-bond acceptors (Lipinski definition) is 5. The van der Waals surface area contributed by atoms with Crippen molar-refractivity contribution in [3.8, 4) is 0 Å². The zero-order valence-corrected chi connectivity index (χ0v) is 13.2. The van der Waals surface area contributed by atoms with E-state index in [4.69, 9.17) is 16.8 Å². The highest BCUT2D eigenvalue weighted by Crippen LogP contribution is 2.25. The van der Waals surface area contributed by atoms with E-state index in [2.05, 4.69) is 20.1 Å². The molecule has 1 heterocycles. The molecule has 3 N–H and O–H groups in total. The highest BCUT2D eigenvalue weighted by atomic mass is 16.3. The van der Waals surface area contributed by atoms with Crippen LogP contribution in [0.2, 0.25) is 0 Å². The van der Waals surface area contributed by atoms with Gasteiger partial charge < -0.3 is 15.7 Å². The van der Waals surface area contributed by atoms with Crippen LogP contribution in [0.5, 0.6) is 0 Å². The summed E-state index contributed by atoms with van der Waals surface area (Å²) in [6.07, 6.45) is 0.611. The monoisotopic (exact) mass is 344 g/mol. The SMILES string of the molecule is [N-]=[N+]=NCc1cc(N=[N+]=[N-])cc(C(=O)N2CCCC(O)(C(N)=O)C2)c1. The summed E-state index contributed by atoms with van der Waals surface area (Å²) in [5, 5.41) is 17.1. The number of carbonyl (C=O) groups is 2. The third-order valence-electron chi connectivity index (χ3n) is 3.92. The number of hydrogen-bond donors (Lipinski definition) is 2. The van der Waals surface area contributed by atoms with Crippen molar-refractivity contribution in [3.63, 3.8) is 0 Å². The third kappa shape index (κ3) is 4.18. The number of likely N-dealkylation sites (tertiary alicyclic amines) is 1. The van der Waals surface area contributed by atoms with Crippen LogP contribution in [0.25, 0.3) is 20.9 Å². The molecule has 0 bridgehead atoms. The van der Waals surface area contributed by atoms with Gasteiger partial charge in [-0.1, -0.05) is 10.2 Å². The molecule has 2 amide bonds. The Morgan fingerprint density at radius 1 is 1.32 bits per heavy atom. The molecule has 11 heteroatoms. The molecule has 1 fully saturated rings. The maximum absolute atomic E-state index is 12.7. The van der Waals surface area contributed by atoms with E-state index in [1.807, 2.05) is 0 Å². The zero-order valence-electron chi connectivity index (χ0n) is 13.2. The molecule has 0 spiro atoms. The van der Waals surface area contributed by atoms with Gasteiger partial charge in [-0.3, -0.25) is 9.59 Å². The summed E-state index contributed by atoms with van der Waals surface area (Å²) in [6.45, 7) is 0.126. The molecular weight excluding hydrogens is 328 g/mol. The largest absolute Gasteiger partial charge is 0.378 e. The molecule has 1 aromatic carbocycles. The van der Waals surface area contributed by atoms with Gasteiger partial charge in [0.1, 0.15) is 0 Å². The van der Waals surface area contributed by atoms with Crippen LogP contribution in [0.3, 0.4) is 0 Å². The molecule has 0 saturated carbocycles. The van der Waals surface area contributed by atoms with Crippen LogP contribution < -0.4 is 5.73 Å². The molecule has 1 atom stereocenters. The van der Waals surface area contributed by atoms with Crippen molar-refractivity contribution in [2.24, 2.45) is 16.0 Å². The molecule has 25 heavy (non-hydrogen) atoms. The van der Waals surface area contributed by atoms with Gasteiger partial charge in [-0.25, -0.2) is 0 Å². The Bertz CT molecular complexity index is 797. The number of aliphatic hydroxyl groups is 1. The van der Waals surface area contributed by atoms with E-state index in [9.17, 15) is 14.7 Å². The van der Waals surface area contributed by atoms with E-state index in [0.717, 1.165) is 0 Å². The Hall–Kier alpha value is -3.26. The Morgan fingerprint density at radius 2 is 2.08 bits per heavy atom. The fourth-order valence-electron chi connectivity index (χ4n) is 2.70. The standard InChI is InChI=1S/C14H16N8O3/c15-13(24)14(25)2-1-3-22(8-14)12(23)10-4-9(7-18-20-16)5-11(6-10)19-21-17/h4-6,25H,1-3,7-8H2,(H2,15,24). The average Bonchev–Trinajstić information content (AvgIpc) is 2.59. The lowest BCUT2D eigenvalue weighted by molar-refractivity contribution is -0.140. The Balaban J connectivity index is 2.34. The lowest BCUT2D eigenvalue weighted by atomic mass is 9.91. The number of piperidine rings is 1. The third-order valence-corrected chi connectivity index (χ3v) is 3.92. The van der Waals surface area contributed by atoms with E-state index in [1.54, 1.807) is 0 Å². The van der Waals surface area contributed by atoms with Gasteiger partial charge in [0.25, 0.3) is 11.8 Å². The quantitative estimate of drug-likeness (QED) is 0.470. The van der Waals surface area contributed by atoms with Gasteiger partial charge in [0, 0.05) is 27.6 Å². The lowest BCUT2D eigenvalue weighted by Gasteiger charge is -2.37. The van der Waals surface area contributed by atoms with Crippen molar-refractivity contribution in [1.29, 1.82) is 0 Å². The van der Waals surface area contributed by atoms with Crippen LogP contribution in [0.15, 0.2) is 28.4 Å². The number of nitrogens with two attached hydrogens (primary N) is 1. The van der Waals surface area contributed by atoms with Crippen LogP contribution in [0.1, 0.15) is 28.8 Å². The maximum Gasteiger partial charge on any atom is 0.253 e. The second kappa shape index (κ2) is 7.54. The molecule has 0 aromatic heterocycles. The first-order chi connectivity index (χ1) is 11.9. The average molecular weight is 344 g/mol. The highest BCUT2D eigenvalue weighted by Gasteiger charge is 2.40. The number of rotatable bonds is 5. The fraction of sp³-hybridized carbons (Fsp3) is 0.429. The van der Waals surface area contributed by atoms with Gasteiger partial charge in [-0.2, -0.15) is 0 Å². The molecule has 11 nitrogen and oxygen atoms in total. The summed E-state index contributed by atoms with van der Waals surface area (Å²) >= 11 is 0. The maximum atomic E-state index is 12.7. The first-order valence-electron chi connectivity index (χ1n) is 7.41. The van der Waals surface area contributed by atoms with Gasteiger partial charge in [0.15, 0.2) is 5.60 Å². The Morgan fingerprint density at radius 3 is 2.72 bits per heavy atom. The number of benzene rings is 1. The van der Waals surface area contributed by atoms with Crippen LogP contribution >= 0.6 is 0 Å². The number of nitrogens with zero attached hydrogens (tertiary/aromatic N) is 7. The summed E-state index contributed by atoms with van der Waals surface area (Å²) in [5.41, 5.74) is 21.4. The van der Waals surface area contributed by atoms with Gasteiger partial charge in [-0.05, 0) is 47.7 Å². The van der Waals surface area contributed by atoms with E-state index in [1.165, 1.54) is 23.1 Å². The molecule has 1 aliphatic rings. The summed E-state index contributed by atoms with van der Waals surface area (Å²) in [4.78, 5) is 30.8. The van der Waals surface area contributed by atoms with Crippen LogP contribution in [-0.2, 0) is 11.3 Å². The smallest absolute Gasteiger partial charge is 0.253 e. The minimum atomic E-state index is -1.76. The topological polar surface area (TPSA) is 181 Å². The summed E-state index contributed by atoms with van der Waals surface area (Å²) in [5.74, 6) is -1.33. The Kier molecular flexibility index (Phi) is 5.45. The minimum absolute atomic E-state index is 0.0171. The van der Waals surface area contributed by atoms with Crippen LogP contribution in [0, 0.1) is 0 Å². The van der Waals surface area contributed by atoms with Crippen molar-refractivity contribution >= 4 is 17.5 Å². The molecule has 130 valence electrons. The van der Waals surface area contributed by atoms with E-state index >= 15 is 0 Å². The van der Waals surface area contributed by atoms with Gasteiger partial charge in [0.05, 0.1) is 13.1 Å². The van der Waals surface area contributed by atoms with Crippen molar-refractivity contribution in [1.82, 2.24) is 4.90 Å². The van der Waals surface area contributed by atoms with E-state index in [-0.39, 0.29) is 30.8 Å². The zero-order chi connectivity index (χ0) is 18.4. The van der Waals surface area contributed by atoms with Crippen molar-refractivity contribution in [2.45, 2.75) is 25.0 Å². The van der Waals surface area contributed by atoms with Crippen molar-refractivity contribution in [2.75, 3.05) is 13.1 Å². The molecule has 0 aliphatic carbocycles. The lowest BCUT2D eigenvalue weighted by Crippen LogP contribution is -2.57. The van der Waals surface area contributed by atoms with E-state index in [0.29, 0.717) is 18.5 Å². The molecule has 1 saturated heterocycles. The summed E-state index contributed by atoms with van der Waals surface area (Å²) in [7, 11) is 0. The number of azide groups is 2. The molecule has 1 unspecified atom stereocenters. The van der Waals surface area contributed by atoms with E-state index < -0.39 is 17.4 Å². The second-order valence-corrected chi connectivity index (χ2v) is 5.69. The van der Waals surface area contributed by atoms with Crippen molar-refractivity contribution in [3.05, 3.63) is 50.2 Å². The Labute approximate surface area is 142 Å². The molecule has 2 rings (SSSR count). The molecule has 1 aliphatic heterocycles. The minimum Gasteiger partial charge on any atom is -0.378 e. The van der Waals surface area contributed by atoms with Gasteiger partial charge in [-0.15, -0.1) is 0 Å². The number of carbonyl (C=O) groups excluding carboxylic acids is 2. The first-order valence-corrected chi connectivity index (χ1v) is 7.41. The second-order valence-electron chi connectivity index (χ2n) is 5.69. The molecule has 1 aromatic rings. The van der Waals surface area contributed by atoms with Crippen LogP contribution in [-0.4, -0.2) is 40.5 Å². The number of β-amino-alcohol motifs (C(OH)–C–C–N with tert-alkyl or cyclic N) is 1. The van der Waals surface area contributed by atoms with Crippen LogP contribution in [0.4, 0.5) is 5.69 Å². The molecule has 0 radical (unpaired) electrons. The number of primary amides is 1. The normalized spacial score (nSPS) is 19.5.